The van der Waals surface area contributed by atoms with Gasteiger partial charge < -0.3 is 10.1 Å². The zero-order chi connectivity index (χ0) is 20.1. The van der Waals surface area contributed by atoms with E-state index in [0.717, 1.165) is 34.2 Å². The molecule has 4 aromatic rings. The van der Waals surface area contributed by atoms with Crippen LogP contribution in [0.5, 0.6) is 5.75 Å². The molecule has 0 aliphatic rings. The highest BCUT2D eigenvalue weighted by Gasteiger charge is 2.11. The van der Waals surface area contributed by atoms with E-state index in [1.54, 1.807) is 7.11 Å². The van der Waals surface area contributed by atoms with Crippen molar-refractivity contribution >= 4 is 22.8 Å². The van der Waals surface area contributed by atoms with Crippen molar-refractivity contribution in [2.24, 2.45) is 0 Å². The van der Waals surface area contributed by atoms with Gasteiger partial charge in [0.25, 0.3) is 0 Å². The molecule has 0 fully saturated rings. The molecule has 0 saturated heterocycles. The number of aromatic amines is 1. The predicted octanol–water partition coefficient (Wildman–Crippen LogP) is 4.60. The molecule has 1 heterocycles. The minimum atomic E-state index is -0.275. The van der Waals surface area contributed by atoms with E-state index in [4.69, 9.17) is 4.74 Å². The number of urea groups is 1. The fourth-order valence-electron chi connectivity index (χ4n) is 3.28. The summed E-state index contributed by atoms with van der Waals surface area (Å²) in [6, 6.07) is 23.6. The number of hydrogen-bond donors (Lipinski definition) is 3. The molecule has 0 aliphatic heterocycles. The fourth-order valence-corrected chi connectivity index (χ4v) is 3.28. The number of ether oxygens (including phenoxy) is 1. The largest absolute Gasteiger partial charge is 0.496 e. The average Bonchev–Trinajstić information content (AvgIpc) is 3.16. The number of nitrogens with one attached hydrogen (secondary N) is 3. The van der Waals surface area contributed by atoms with Crippen LogP contribution < -0.4 is 15.4 Å². The fraction of sp³-hybridized carbons (Fsp3) is 0.130. The number of carbonyl (C=O) groups excluding carboxylic acids is 1. The molecule has 0 spiro atoms. The van der Waals surface area contributed by atoms with Gasteiger partial charge in [-0.2, -0.15) is 5.10 Å². The highest BCUT2D eigenvalue weighted by Crippen LogP contribution is 2.32. The number of anilines is 1. The Bertz CT molecular complexity index is 1120. The van der Waals surface area contributed by atoms with Gasteiger partial charge in [-0.05, 0) is 35.7 Å². The van der Waals surface area contributed by atoms with Crippen molar-refractivity contribution in [3.63, 3.8) is 0 Å². The van der Waals surface area contributed by atoms with Crippen LogP contribution in [0.2, 0.25) is 0 Å². The van der Waals surface area contributed by atoms with Gasteiger partial charge in [-0.3, -0.25) is 10.4 Å². The normalized spacial score (nSPS) is 10.7. The highest BCUT2D eigenvalue weighted by molar-refractivity contribution is 6.00. The smallest absolute Gasteiger partial charge is 0.320 e. The van der Waals surface area contributed by atoms with Crippen molar-refractivity contribution < 1.29 is 9.53 Å². The van der Waals surface area contributed by atoms with Crippen molar-refractivity contribution in [1.82, 2.24) is 15.5 Å². The summed E-state index contributed by atoms with van der Waals surface area (Å²) in [5, 5.41) is 13.8. The molecule has 29 heavy (non-hydrogen) atoms. The molecule has 146 valence electrons. The van der Waals surface area contributed by atoms with Gasteiger partial charge in [0, 0.05) is 17.5 Å². The van der Waals surface area contributed by atoms with Gasteiger partial charge in [-0.1, -0.05) is 54.6 Å². The Labute approximate surface area is 168 Å². The van der Waals surface area contributed by atoms with Crippen molar-refractivity contribution in [3.05, 3.63) is 78.4 Å². The average molecular weight is 386 g/mol. The number of carbonyl (C=O) groups is 1. The summed E-state index contributed by atoms with van der Waals surface area (Å²) >= 11 is 0. The van der Waals surface area contributed by atoms with E-state index in [2.05, 4.69) is 20.8 Å². The van der Waals surface area contributed by atoms with Gasteiger partial charge in [0.2, 0.25) is 0 Å². The number of benzene rings is 3. The summed E-state index contributed by atoms with van der Waals surface area (Å²) < 4.78 is 5.45. The van der Waals surface area contributed by atoms with E-state index in [1.807, 2.05) is 72.8 Å². The Hall–Kier alpha value is -3.80. The van der Waals surface area contributed by atoms with E-state index < -0.39 is 0 Å². The molecule has 0 unspecified atom stereocenters. The predicted molar refractivity (Wildman–Crippen MR) is 115 cm³/mol. The Morgan fingerprint density at radius 1 is 1.03 bits per heavy atom. The van der Waals surface area contributed by atoms with Gasteiger partial charge in [0.1, 0.15) is 5.75 Å². The lowest BCUT2D eigenvalue weighted by Crippen LogP contribution is -2.30. The van der Waals surface area contributed by atoms with Crippen molar-refractivity contribution in [1.29, 1.82) is 0 Å². The van der Waals surface area contributed by atoms with Crippen molar-refractivity contribution in [2.45, 2.75) is 6.42 Å². The quantitative estimate of drug-likeness (QED) is 0.453. The summed E-state index contributed by atoms with van der Waals surface area (Å²) in [5.41, 5.74) is 4.03. The number of aromatic nitrogens is 2. The number of amides is 2. The van der Waals surface area contributed by atoms with E-state index in [9.17, 15) is 4.79 Å². The van der Waals surface area contributed by atoms with Crippen LogP contribution >= 0.6 is 0 Å². The molecule has 0 radical (unpaired) electrons. The minimum absolute atomic E-state index is 0.275. The second-order valence-electron chi connectivity index (χ2n) is 6.65. The van der Waals surface area contributed by atoms with E-state index >= 15 is 0 Å². The molecule has 3 aromatic carbocycles. The standard InChI is InChI=1S/C23H22N4O2/c1-29-21-10-6-5-9-18(21)17-11-12-19-20(15-17)26-27-22(19)25-23(28)24-14-13-16-7-3-2-4-8-16/h2-12,15H,13-14H2,1H3,(H3,24,25,26,27,28). The summed E-state index contributed by atoms with van der Waals surface area (Å²) in [6.45, 7) is 0.552. The minimum Gasteiger partial charge on any atom is -0.496 e. The Morgan fingerprint density at radius 2 is 1.83 bits per heavy atom. The second kappa shape index (κ2) is 8.48. The highest BCUT2D eigenvalue weighted by atomic mass is 16.5. The lowest BCUT2D eigenvalue weighted by molar-refractivity contribution is 0.252. The first-order valence-electron chi connectivity index (χ1n) is 9.45. The first-order chi connectivity index (χ1) is 14.2. The summed E-state index contributed by atoms with van der Waals surface area (Å²) in [7, 11) is 1.66. The van der Waals surface area contributed by atoms with Crippen LogP contribution in [0, 0.1) is 0 Å². The third kappa shape index (κ3) is 4.21. The molecule has 2 amide bonds. The molecule has 0 atom stereocenters. The number of rotatable bonds is 6. The van der Waals surface area contributed by atoms with Gasteiger partial charge >= 0.3 is 6.03 Å². The topological polar surface area (TPSA) is 79.0 Å². The second-order valence-corrected chi connectivity index (χ2v) is 6.65. The molecule has 4 rings (SSSR count). The van der Waals surface area contributed by atoms with E-state index in [0.29, 0.717) is 12.4 Å². The number of hydrogen-bond acceptors (Lipinski definition) is 3. The Morgan fingerprint density at radius 3 is 2.66 bits per heavy atom. The van der Waals surface area contributed by atoms with Crippen LogP contribution in [0.15, 0.2) is 72.8 Å². The molecule has 6 heteroatoms. The molecule has 3 N–H and O–H groups in total. The summed E-state index contributed by atoms with van der Waals surface area (Å²) in [6.07, 6.45) is 0.776. The summed E-state index contributed by atoms with van der Waals surface area (Å²) in [5.74, 6) is 1.31. The first-order valence-corrected chi connectivity index (χ1v) is 9.45. The monoisotopic (exact) mass is 386 g/mol. The van der Waals surface area contributed by atoms with Gasteiger partial charge in [0.15, 0.2) is 5.82 Å². The zero-order valence-electron chi connectivity index (χ0n) is 16.1. The lowest BCUT2D eigenvalue weighted by Gasteiger charge is -2.08. The van der Waals surface area contributed by atoms with Crippen molar-refractivity contribution in [3.8, 4) is 16.9 Å². The maximum absolute atomic E-state index is 12.2. The van der Waals surface area contributed by atoms with Crippen LogP contribution in [0.4, 0.5) is 10.6 Å². The molecule has 0 saturated carbocycles. The van der Waals surface area contributed by atoms with Gasteiger partial charge in [-0.25, -0.2) is 4.79 Å². The summed E-state index contributed by atoms with van der Waals surface area (Å²) in [4.78, 5) is 12.2. The van der Waals surface area contributed by atoms with Crippen molar-refractivity contribution in [2.75, 3.05) is 19.0 Å². The third-order valence-corrected chi connectivity index (χ3v) is 4.75. The van der Waals surface area contributed by atoms with Crippen LogP contribution in [-0.4, -0.2) is 29.9 Å². The maximum atomic E-state index is 12.2. The van der Waals surface area contributed by atoms with Crippen LogP contribution in [-0.2, 0) is 6.42 Å². The molecule has 0 bridgehead atoms. The lowest BCUT2D eigenvalue weighted by atomic mass is 10.0. The first kappa shape index (κ1) is 18.6. The molecule has 1 aromatic heterocycles. The van der Waals surface area contributed by atoms with Gasteiger partial charge in [0.05, 0.1) is 12.6 Å². The zero-order valence-corrected chi connectivity index (χ0v) is 16.1. The number of H-pyrrole nitrogens is 1. The van der Waals surface area contributed by atoms with E-state index in [1.165, 1.54) is 5.56 Å². The van der Waals surface area contributed by atoms with Crippen LogP contribution in [0.3, 0.4) is 0 Å². The number of para-hydroxylation sites is 1. The molecule has 6 nitrogen and oxygen atoms in total. The van der Waals surface area contributed by atoms with Gasteiger partial charge in [-0.15, -0.1) is 0 Å². The van der Waals surface area contributed by atoms with Crippen LogP contribution in [0.1, 0.15) is 5.56 Å². The van der Waals surface area contributed by atoms with Crippen LogP contribution in [0.25, 0.3) is 22.0 Å². The maximum Gasteiger partial charge on any atom is 0.320 e. The molecule has 0 aliphatic carbocycles. The third-order valence-electron chi connectivity index (χ3n) is 4.75. The van der Waals surface area contributed by atoms with E-state index in [-0.39, 0.29) is 6.03 Å². The molecular formula is C23H22N4O2. The number of fused-ring (bicyclic) bond motifs is 1. The number of methoxy groups -OCH3 is 1. The Kier molecular flexibility index (Phi) is 5.42. The number of nitrogens with zero attached hydrogens (tertiary/aromatic N) is 1. The SMILES string of the molecule is COc1ccccc1-c1ccc2c(NC(=O)NCCc3ccccc3)n[nH]c2c1. The molecular weight excluding hydrogens is 364 g/mol. The Balaban J connectivity index is 1.44.